The highest BCUT2D eigenvalue weighted by atomic mass is 16.6. The van der Waals surface area contributed by atoms with Gasteiger partial charge in [0.15, 0.2) is 0 Å². The summed E-state index contributed by atoms with van der Waals surface area (Å²) in [5, 5.41) is 0. The molecule has 1 fully saturated rings. The molecule has 1 heterocycles. The van der Waals surface area contributed by atoms with Gasteiger partial charge in [-0.05, 0) is 24.5 Å². The number of rotatable bonds is 6. The van der Waals surface area contributed by atoms with Crippen LogP contribution in [0.4, 0.5) is 0 Å². The molecule has 1 saturated heterocycles. The molecule has 0 amide bonds. The molecule has 0 spiro atoms. The van der Waals surface area contributed by atoms with Crippen molar-refractivity contribution in [3.8, 4) is 0 Å². The van der Waals surface area contributed by atoms with Crippen molar-refractivity contribution in [1.29, 1.82) is 0 Å². The number of esters is 1. The lowest BCUT2D eigenvalue weighted by molar-refractivity contribution is -0.140. The molecule has 0 N–H and O–H groups in total. The van der Waals surface area contributed by atoms with Gasteiger partial charge < -0.3 is 9.47 Å². The molecule has 1 atom stereocenters. The fourth-order valence-electron chi connectivity index (χ4n) is 1.61. The molecule has 1 aromatic carbocycles. The van der Waals surface area contributed by atoms with Gasteiger partial charge in [0, 0.05) is 5.57 Å². The average molecular weight is 258 g/mol. The zero-order valence-corrected chi connectivity index (χ0v) is 11.1. The second kappa shape index (κ2) is 6.34. The van der Waals surface area contributed by atoms with Gasteiger partial charge in [-0.2, -0.15) is 0 Å². The minimum Gasteiger partial charge on any atom is -0.457 e. The third kappa shape index (κ3) is 4.38. The van der Waals surface area contributed by atoms with Crippen LogP contribution >= 0.6 is 0 Å². The number of carbonyl (C=O) groups is 1. The van der Waals surface area contributed by atoms with Crippen LogP contribution in [0, 0.1) is 0 Å². The van der Waals surface area contributed by atoms with Crippen LogP contribution in [0.3, 0.4) is 0 Å². The molecular weight excluding hydrogens is 240 g/mol. The Balaban J connectivity index is 1.81. The number of hydrogen-bond acceptors (Lipinski definition) is 3. The molecule has 0 aliphatic carbocycles. The van der Waals surface area contributed by atoms with E-state index >= 15 is 0 Å². The van der Waals surface area contributed by atoms with Crippen molar-refractivity contribution in [2.24, 2.45) is 0 Å². The summed E-state index contributed by atoms with van der Waals surface area (Å²) in [7, 11) is 0. The van der Waals surface area contributed by atoms with Crippen molar-refractivity contribution in [3.05, 3.63) is 53.6 Å². The Morgan fingerprint density at radius 2 is 2.16 bits per heavy atom. The van der Waals surface area contributed by atoms with E-state index in [2.05, 4.69) is 6.58 Å². The second-order valence-corrected chi connectivity index (χ2v) is 4.60. The van der Waals surface area contributed by atoms with Crippen LogP contribution in [0.15, 0.2) is 42.5 Å². The molecule has 100 valence electrons. The first-order valence-corrected chi connectivity index (χ1v) is 6.36. The number of benzene rings is 1. The molecule has 0 radical (unpaired) electrons. The van der Waals surface area contributed by atoms with Gasteiger partial charge in [-0.1, -0.05) is 43.0 Å². The molecule has 1 unspecified atom stereocenters. The quantitative estimate of drug-likeness (QED) is 0.447. The van der Waals surface area contributed by atoms with E-state index in [0.717, 1.165) is 24.2 Å². The Labute approximate surface area is 113 Å². The highest BCUT2D eigenvalue weighted by Gasteiger charge is 2.21. The topological polar surface area (TPSA) is 38.8 Å². The maximum absolute atomic E-state index is 11.7. The van der Waals surface area contributed by atoms with E-state index in [0.29, 0.717) is 18.3 Å². The van der Waals surface area contributed by atoms with Crippen molar-refractivity contribution >= 4 is 12.0 Å². The van der Waals surface area contributed by atoms with Gasteiger partial charge in [0.1, 0.15) is 6.61 Å². The monoisotopic (exact) mass is 258 g/mol. The lowest BCUT2D eigenvalue weighted by atomic mass is 10.1. The Kier molecular flexibility index (Phi) is 4.53. The minimum atomic E-state index is -0.270. The average Bonchev–Trinajstić information content (AvgIpc) is 3.26. The number of ether oxygens (including phenoxy) is 2. The molecule has 3 heteroatoms. The Bertz CT molecular complexity index is 481. The number of hydrogen-bond donors (Lipinski definition) is 0. The van der Waals surface area contributed by atoms with Crippen molar-refractivity contribution in [2.45, 2.75) is 26.1 Å². The van der Waals surface area contributed by atoms with Gasteiger partial charge in [0.05, 0.1) is 12.7 Å². The molecular formula is C16H18O3. The summed E-state index contributed by atoms with van der Waals surface area (Å²) >= 11 is 0. The molecule has 1 aliphatic rings. The smallest absolute Gasteiger partial charge is 0.333 e. The standard InChI is InChI=1S/C16H18O3/c1-3-13-5-7-14(8-6-13)10-19-16(17)12(2)4-9-15-11-18-15/h3-8,15H,1,9-11H2,2H3. The van der Waals surface area contributed by atoms with E-state index < -0.39 is 0 Å². The zero-order chi connectivity index (χ0) is 13.7. The summed E-state index contributed by atoms with van der Waals surface area (Å²) < 4.78 is 10.3. The van der Waals surface area contributed by atoms with Crippen molar-refractivity contribution in [1.82, 2.24) is 0 Å². The molecule has 2 rings (SSSR count). The van der Waals surface area contributed by atoms with Crippen molar-refractivity contribution in [2.75, 3.05) is 6.61 Å². The van der Waals surface area contributed by atoms with E-state index in [1.54, 1.807) is 13.0 Å². The lowest BCUT2D eigenvalue weighted by Gasteiger charge is -2.05. The highest BCUT2D eigenvalue weighted by Crippen LogP contribution is 2.15. The fraction of sp³-hybridized carbons (Fsp3) is 0.312. The van der Waals surface area contributed by atoms with Crippen LogP contribution in [0.5, 0.6) is 0 Å². The van der Waals surface area contributed by atoms with Crippen LogP contribution in [-0.2, 0) is 20.9 Å². The third-order valence-corrected chi connectivity index (χ3v) is 3.00. The summed E-state index contributed by atoms with van der Waals surface area (Å²) in [5.74, 6) is -0.270. The molecule has 3 nitrogen and oxygen atoms in total. The summed E-state index contributed by atoms with van der Waals surface area (Å²) in [6.45, 7) is 6.56. The van der Waals surface area contributed by atoms with Crippen LogP contribution in [0.25, 0.3) is 6.08 Å². The minimum absolute atomic E-state index is 0.270. The van der Waals surface area contributed by atoms with E-state index in [9.17, 15) is 4.79 Å². The Morgan fingerprint density at radius 1 is 1.47 bits per heavy atom. The van der Waals surface area contributed by atoms with Gasteiger partial charge in [0.2, 0.25) is 0 Å². The van der Waals surface area contributed by atoms with Gasteiger partial charge in [-0.25, -0.2) is 4.79 Å². The SMILES string of the molecule is C=Cc1ccc(COC(=O)C(C)=CCC2CO2)cc1. The second-order valence-electron chi connectivity index (χ2n) is 4.60. The maximum atomic E-state index is 11.7. The first kappa shape index (κ1) is 13.6. The van der Waals surface area contributed by atoms with Crippen LogP contribution in [0.2, 0.25) is 0 Å². The molecule has 0 aromatic heterocycles. The summed E-state index contributed by atoms with van der Waals surface area (Å²) in [5.41, 5.74) is 2.66. The number of carbonyl (C=O) groups excluding carboxylic acids is 1. The molecule has 1 aliphatic heterocycles. The Morgan fingerprint density at radius 3 is 2.74 bits per heavy atom. The van der Waals surface area contributed by atoms with E-state index in [4.69, 9.17) is 9.47 Å². The van der Waals surface area contributed by atoms with Crippen molar-refractivity contribution < 1.29 is 14.3 Å². The zero-order valence-electron chi connectivity index (χ0n) is 11.1. The first-order chi connectivity index (χ1) is 9.19. The molecule has 19 heavy (non-hydrogen) atoms. The van der Waals surface area contributed by atoms with Gasteiger partial charge in [0.25, 0.3) is 0 Å². The van der Waals surface area contributed by atoms with Gasteiger partial charge >= 0.3 is 5.97 Å². The van der Waals surface area contributed by atoms with E-state index in [-0.39, 0.29) is 5.97 Å². The molecule has 0 saturated carbocycles. The maximum Gasteiger partial charge on any atom is 0.333 e. The van der Waals surface area contributed by atoms with E-state index in [1.807, 2.05) is 30.3 Å². The summed E-state index contributed by atoms with van der Waals surface area (Å²) in [6.07, 6.45) is 4.74. The predicted molar refractivity (Wildman–Crippen MR) is 74.4 cm³/mol. The summed E-state index contributed by atoms with van der Waals surface area (Å²) in [6, 6.07) is 7.76. The largest absolute Gasteiger partial charge is 0.457 e. The predicted octanol–water partition coefficient (Wildman–Crippen LogP) is 3.11. The van der Waals surface area contributed by atoms with Crippen LogP contribution in [-0.4, -0.2) is 18.7 Å². The molecule has 0 bridgehead atoms. The fourth-order valence-corrected chi connectivity index (χ4v) is 1.61. The van der Waals surface area contributed by atoms with E-state index in [1.165, 1.54) is 0 Å². The first-order valence-electron chi connectivity index (χ1n) is 6.36. The van der Waals surface area contributed by atoms with Crippen molar-refractivity contribution in [3.63, 3.8) is 0 Å². The normalized spacial score (nSPS) is 17.9. The summed E-state index contributed by atoms with van der Waals surface area (Å²) in [4.78, 5) is 11.7. The lowest BCUT2D eigenvalue weighted by Crippen LogP contribution is -2.06. The number of epoxide rings is 1. The van der Waals surface area contributed by atoms with Gasteiger partial charge in [-0.15, -0.1) is 0 Å². The third-order valence-electron chi connectivity index (χ3n) is 3.00. The van der Waals surface area contributed by atoms with Crippen LogP contribution in [0.1, 0.15) is 24.5 Å². The highest BCUT2D eigenvalue weighted by molar-refractivity contribution is 5.87. The molecule has 1 aromatic rings. The van der Waals surface area contributed by atoms with Gasteiger partial charge in [-0.3, -0.25) is 0 Å². The van der Waals surface area contributed by atoms with Crippen LogP contribution < -0.4 is 0 Å². The Hall–Kier alpha value is -1.87.